The summed E-state index contributed by atoms with van der Waals surface area (Å²) in [5.41, 5.74) is 9.89. The Morgan fingerprint density at radius 1 is 1.47 bits per heavy atom. The smallest absolute Gasteiger partial charge is 0.133 e. The van der Waals surface area contributed by atoms with Gasteiger partial charge in [-0.2, -0.15) is 0 Å². The average Bonchev–Trinajstić information content (AvgIpc) is 2.72. The molecule has 0 aliphatic carbocycles. The molecule has 0 saturated carbocycles. The van der Waals surface area contributed by atoms with E-state index in [2.05, 4.69) is 10.0 Å². The molecule has 5 nitrogen and oxygen atoms in total. The van der Waals surface area contributed by atoms with Crippen LogP contribution in [0.15, 0.2) is 40.1 Å². The molecule has 0 radical (unpaired) electrons. The minimum Gasteiger partial charge on any atom is -0.464 e. The van der Waals surface area contributed by atoms with Gasteiger partial charge in [0, 0.05) is 10.3 Å². The highest BCUT2D eigenvalue weighted by molar-refractivity contribution is 5.77. The molecular weight excluding hydrogens is 194 g/mol. The predicted octanol–water partition coefficient (Wildman–Crippen LogP) is 2.78. The molecule has 1 unspecified atom stereocenters. The number of benzene rings is 1. The van der Waals surface area contributed by atoms with Crippen molar-refractivity contribution in [1.82, 2.24) is 0 Å². The number of aliphatic hydroxyl groups is 1. The number of fused-ring (bicyclic) bond motifs is 1. The van der Waals surface area contributed by atoms with Crippen molar-refractivity contribution in [3.8, 4) is 0 Å². The number of furan rings is 1. The van der Waals surface area contributed by atoms with Crippen molar-refractivity contribution in [2.45, 2.75) is 6.04 Å². The zero-order valence-electron chi connectivity index (χ0n) is 7.87. The highest BCUT2D eigenvalue weighted by atomic mass is 16.3. The van der Waals surface area contributed by atoms with Gasteiger partial charge in [0.05, 0.1) is 18.9 Å². The molecular formula is C10H9N3O2. The molecule has 0 saturated heterocycles. The quantitative estimate of drug-likeness (QED) is 0.472. The van der Waals surface area contributed by atoms with Gasteiger partial charge in [-0.25, -0.2) is 0 Å². The highest BCUT2D eigenvalue weighted by Crippen LogP contribution is 2.23. The minimum atomic E-state index is -0.533. The Morgan fingerprint density at radius 2 is 2.33 bits per heavy atom. The second kappa shape index (κ2) is 4.04. The van der Waals surface area contributed by atoms with E-state index < -0.39 is 6.04 Å². The predicted molar refractivity (Wildman–Crippen MR) is 55.2 cm³/mol. The summed E-state index contributed by atoms with van der Waals surface area (Å²) in [6, 6.07) is 6.70. The SMILES string of the molecule is [N-]=[N+]=NC(CO)c1ccc2occc2c1. The summed E-state index contributed by atoms with van der Waals surface area (Å²) in [6.07, 6.45) is 1.59. The number of aliphatic hydroxyl groups excluding tert-OH is 1. The fourth-order valence-electron chi connectivity index (χ4n) is 1.46. The van der Waals surface area contributed by atoms with Gasteiger partial charge in [-0.3, -0.25) is 0 Å². The molecule has 2 aromatic rings. The molecule has 1 heterocycles. The Kier molecular flexibility index (Phi) is 2.58. The van der Waals surface area contributed by atoms with Crippen LogP contribution in [-0.4, -0.2) is 11.7 Å². The van der Waals surface area contributed by atoms with Crippen LogP contribution in [0.25, 0.3) is 21.4 Å². The lowest BCUT2D eigenvalue weighted by Crippen LogP contribution is -1.99. The third-order valence-electron chi connectivity index (χ3n) is 2.23. The molecule has 1 atom stereocenters. The molecule has 15 heavy (non-hydrogen) atoms. The second-order valence-electron chi connectivity index (χ2n) is 3.12. The molecule has 1 aromatic carbocycles. The molecule has 76 valence electrons. The molecule has 0 aliphatic rings. The van der Waals surface area contributed by atoms with Crippen molar-refractivity contribution in [2.75, 3.05) is 6.61 Å². The third kappa shape index (κ3) is 1.79. The largest absolute Gasteiger partial charge is 0.464 e. The van der Waals surface area contributed by atoms with Crippen LogP contribution >= 0.6 is 0 Å². The lowest BCUT2D eigenvalue weighted by atomic mass is 10.1. The van der Waals surface area contributed by atoms with E-state index in [-0.39, 0.29) is 6.61 Å². The van der Waals surface area contributed by atoms with E-state index in [1.54, 1.807) is 18.4 Å². The Bertz CT molecular complexity index is 514. The van der Waals surface area contributed by atoms with E-state index in [0.717, 1.165) is 16.5 Å². The number of rotatable bonds is 3. The van der Waals surface area contributed by atoms with Gasteiger partial charge < -0.3 is 9.52 Å². The van der Waals surface area contributed by atoms with Crippen molar-refractivity contribution < 1.29 is 9.52 Å². The van der Waals surface area contributed by atoms with Crippen molar-refractivity contribution in [1.29, 1.82) is 0 Å². The second-order valence-corrected chi connectivity index (χ2v) is 3.12. The van der Waals surface area contributed by atoms with Gasteiger partial charge in [0.1, 0.15) is 5.58 Å². The van der Waals surface area contributed by atoms with Gasteiger partial charge in [-0.15, -0.1) is 0 Å². The van der Waals surface area contributed by atoms with Gasteiger partial charge in [0.15, 0.2) is 0 Å². The van der Waals surface area contributed by atoms with E-state index in [1.807, 2.05) is 12.1 Å². The molecule has 0 spiro atoms. The summed E-state index contributed by atoms with van der Waals surface area (Å²) in [5.74, 6) is 0. The Labute approximate surface area is 85.6 Å². The number of hydrogen-bond acceptors (Lipinski definition) is 3. The average molecular weight is 203 g/mol. The van der Waals surface area contributed by atoms with Gasteiger partial charge in [0.2, 0.25) is 0 Å². The summed E-state index contributed by atoms with van der Waals surface area (Å²) in [6.45, 7) is -0.201. The fraction of sp³-hybridized carbons (Fsp3) is 0.200. The highest BCUT2D eigenvalue weighted by Gasteiger charge is 2.09. The number of nitrogens with zero attached hydrogens (tertiary/aromatic N) is 3. The Hall–Kier alpha value is -1.97. The molecule has 1 aromatic heterocycles. The maximum atomic E-state index is 9.04. The molecule has 5 heteroatoms. The first-order chi connectivity index (χ1) is 7.35. The molecule has 0 amide bonds. The van der Waals surface area contributed by atoms with Crippen LogP contribution in [0.1, 0.15) is 11.6 Å². The standard InChI is InChI=1S/C10H9N3O2/c11-13-12-9(6-14)7-1-2-10-8(5-7)3-4-15-10/h1-5,9,14H,6H2. The fourth-order valence-corrected chi connectivity index (χ4v) is 1.46. The van der Waals surface area contributed by atoms with Gasteiger partial charge in [-0.05, 0) is 29.3 Å². The van der Waals surface area contributed by atoms with Crippen molar-refractivity contribution in [3.63, 3.8) is 0 Å². The molecule has 1 N–H and O–H groups in total. The number of azide groups is 1. The first-order valence-electron chi connectivity index (χ1n) is 4.47. The summed E-state index contributed by atoms with van der Waals surface area (Å²) in [7, 11) is 0. The van der Waals surface area contributed by atoms with Crippen LogP contribution in [0.4, 0.5) is 0 Å². The van der Waals surface area contributed by atoms with E-state index >= 15 is 0 Å². The van der Waals surface area contributed by atoms with Crippen LogP contribution in [0, 0.1) is 0 Å². The van der Waals surface area contributed by atoms with E-state index in [9.17, 15) is 0 Å². The van der Waals surface area contributed by atoms with Crippen LogP contribution in [0.5, 0.6) is 0 Å². The van der Waals surface area contributed by atoms with E-state index in [1.165, 1.54) is 0 Å². The minimum absolute atomic E-state index is 0.201. The van der Waals surface area contributed by atoms with Crippen molar-refractivity contribution in [3.05, 3.63) is 46.5 Å². The lowest BCUT2D eigenvalue weighted by molar-refractivity contribution is 0.268. The molecule has 0 fully saturated rings. The van der Waals surface area contributed by atoms with Crippen LogP contribution in [0.2, 0.25) is 0 Å². The topological polar surface area (TPSA) is 82.1 Å². The van der Waals surface area contributed by atoms with Crippen LogP contribution < -0.4 is 0 Å². The third-order valence-corrected chi connectivity index (χ3v) is 2.23. The molecule has 0 aliphatic heterocycles. The van der Waals surface area contributed by atoms with Gasteiger partial charge in [0.25, 0.3) is 0 Å². The molecule has 0 bridgehead atoms. The Balaban J connectivity index is 2.45. The van der Waals surface area contributed by atoms with Crippen molar-refractivity contribution in [2.24, 2.45) is 5.11 Å². The first-order valence-corrected chi connectivity index (χ1v) is 4.47. The maximum absolute atomic E-state index is 9.04. The van der Waals surface area contributed by atoms with E-state index in [0.29, 0.717) is 0 Å². The van der Waals surface area contributed by atoms with Gasteiger partial charge in [-0.1, -0.05) is 11.2 Å². The zero-order valence-corrected chi connectivity index (χ0v) is 7.87. The lowest BCUT2D eigenvalue weighted by Gasteiger charge is -2.06. The first kappa shape index (κ1) is 9.58. The van der Waals surface area contributed by atoms with Crippen LogP contribution in [-0.2, 0) is 0 Å². The summed E-state index contributed by atoms with van der Waals surface area (Å²) < 4.78 is 5.18. The Morgan fingerprint density at radius 3 is 3.07 bits per heavy atom. The normalized spacial score (nSPS) is 12.3. The molecule has 2 rings (SSSR count). The number of hydrogen-bond donors (Lipinski definition) is 1. The van der Waals surface area contributed by atoms with Crippen LogP contribution in [0.3, 0.4) is 0 Å². The summed E-state index contributed by atoms with van der Waals surface area (Å²) >= 11 is 0. The maximum Gasteiger partial charge on any atom is 0.133 e. The van der Waals surface area contributed by atoms with Gasteiger partial charge >= 0.3 is 0 Å². The summed E-state index contributed by atoms with van der Waals surface area (Å²) in [4.78, 5) is 2.69. The van der Waals surface area contributed by atoms with E-state index in [4.69, 9.17) is 15.1 Å². The monoisotopic (exact) mass is 203 g/mol. The zero-order chi connectivity index (χ0) is 10.7. The van der Waals surface area contributed by atoms with Crippen molar-refractivity contribution >= 4 is 11.0 Å². The summed E-state index contributed by atoms with van der Waals surface area (Å²) in [5, 5.41) is 13.5.